The van der Waals surface area contributed by atoms with Crippen molar-refractivity contribution in [3.05, 3.63) is 0 Å². The molecule has 1 amide bonds. The van der Waals surface area contributed by atoms with Gasteiger partial charge in [0.05, 0.1) is 6.61 Å². The van der Waals surface area contributed by atoms with Crippen molar-refractivity contribution in [3.63, 3.8) is 0 Å². The molecular weight excluding hydrogens is 232 g/mol. The van der Waals surface area contributed by atoms with Crippen LogP contribution >= 0.6 is 0 Å². The zero-order chi connectivity index (χ0) is 13.2. The van der Waals surface area contributed by atoms with Crippen LogP contribution in [0.3, 0.4) is 0 Å². The van der Waals surface area contributed by atoms with E-state index in [0.717, 1.165) is 38.9 Å². The smallest absolute Gasteiger partial charge is 0.225 e. The molecule has 1 heterocycles. The Morgan fingerprint density at radius 2 is 1.83 bits per heavy atom. The van der Waals surface area contributed by atoms with Crippen LogP contribution in [-0.4, -0.2) is 64.4 Å². The van der Waals surface area contributed by atoms with Crippen LogP contribution in [0.2, 0.25) is 0 Å². The molecule has 5 heteroatoms. The summed E-state index contributed by atoms with van der Waals surface area (Å²) in [6.45, 7) is 4.65. The molecule has 0 aliphatic carbocycles. The second kappa shape index (κ2) is 9.30. The van der Waals surface area contributed by atoms with E-state index < -0.39 is 0 Å². The lowest BCUT2D eigenvalue weighted by molar-refractivity contribution is -0.137. The van der Waals surface area contributed by atoms with Gasteiger partial charge in [0.25, 0.3) is 0 Å². The van der Waals surface area contributed by atoms with Crippen molar-refractivity contribution in [2.24, 2.45) is 5.92 Å². The molecule has 1 rings (SSSR count). The third kappa shape index (κ3) is 5.33. The minimum Gasteiger partial charge on any atom is -0.385 e. The third-order valence-electron chi connectivity index (χ3n) is 3.34. The zero-order valence-corrected chi connectivity index (χ0v) is 11.6. The van der Waals surface area contributed by atoms with E-state index in [-0.39, 0.29) is 11.8 Å². The molecule has 0 aromatic rings. The first-order valence-corrected chi connectivity index (χ1v) is 6.77. The van der Waals surface area contributed by atoms with Gasteiger partial charge in [-0.05, 0) is 32.4 Å². The van der Waals surface area contributed by atoms with Gasteiger partial charge in [0, 0.05) is 39.8 Å². The molecule has 1 fully saturated rings. The van der Waals surface area contributed by atoms with Gasteiger partial charge in [-0.15, -0.1) is 0 Å². The first-order valence-electron chi connectivity index (χ1n) is 6.77. The highest BCUT2D eigenvalue weighted by Crippen LogP contribution is 2.15. The molecule has 1 saturated heterocycles. The molecule has 1 aliphatic heterocycles. The van der Waals surface area contributed by atoms with Gasteiger partial charge >= 0.3 is 0 Å². The SMILES string of the molecule is COCCCN(CCOC)C(=O)C1CCNCC1. The molecule has 0 radical (unpaired) electrons. The van der Waals surface area contributed by atoms with Crippen molar-refractivity contribution in [1.29, 1.82) is 0 Å². The molecule has 106 valence electrons. The van der Waals surface area contributed by atoms with Crippen LogP contribution in [0.15, 0.2) is 0 Å². The zero-order valence-electron chi connectivity index (χ0n) is 11.6. The molecule has 0 atom stereocenters. The van der Waals surface area contributed by atoms with Crippen LogP contribution < -0.4 is 5.32 Å². The number of hydrogen-bond acceptors (Lipinski definition) is 4. The average molecular weight is 258 g/mol. The Bertz CT molecular complexity index is 230. The number of ether oxygens (including phenoxy) is 2. The molecule has 1 aliphatic rings. The van der Waals surface area contributed by atoms with Crippen LogP contribution in [-0.2, 0) is 14.3 Å². The molecule has 0 saturated carbocycles. The maximum absolute atomic E-state index is 12.4. The number of nitrogens with zero attached hydrogens (tertiary/aromatic N) is 1. The predicted molar refractivity (Wildman–Crippen MR) is 70.5 cm³/mol. The Balaban J connectivity index is 2.42. The summed E-state index contributed by atoms with van der Waals surface area (Å²) in [6, 6.07) is 0. The summed E-state index contributed by atoms with van der Waals surface area (Å²) < 4.78 is 10.1. The Kier molecular flexibility index (Phi) is 7.96. The molecule has 0 spiro atoms. The van der Waals surface area contributed by atoms with E-state index in [1.54, 1.807) is 14.2 Å². The highest BCUT2D eigenvalue weighted by atomic mass is 16.5. The van der Waals surface area contributed by atoms with Crippen molar-refractivity contribution in [1.82, 2.24) is 10.2 Å². The lowest BCUT2D eigenvalue weighted by Gasteiger charge is -2.29. The number of amides is 1. The van der Waals surface area contributed by atoms with E-state index >= 15 is 0 Å². The molecule has 0 aromatic carbocycles. The van der Waals surface area contributed by atoms with Gasteiger partial charge in [0.1, 0.15) is 0 Å². The number of methoxy groups -OCH3 is 2. The fourth-order valence-electron chi connectivity index (χ4n) is 2.26. The standard InChI is InChI=1S/C13H26N2O3/c1-17-10-3-8-15(9-11-18-2)13(16)12-4-6-14-7-5-12/h12,14H,3-11H2,1-2H3. The average Bonchev–Trinajstić information content (AvgIpc) is 2.43. The van der Waals surface area contributed by atoms with Crippen LogP contribution in [0.5, 0.6) is 0 Å². The van der Waals surface area contributed by atoms with Gasteiger partial charge in [-0.25, -0.2) is 0 Å². The summed E-state index contributed by atoms with van der Waals surface area (Å²) in [6.07, 6.45) is 2.79. The number of rotatable bonds is 8. The first-order chi connectivity index (χ1) is 8.79. The van der Waals surface area contributed by atoms with Crippen LogP contribution in [0.25, 0.3) is 0 Å². The van der Waals surface area contributed by atoms with Crippen molar-refractivity contribution in [3.8, 4) is 0 Å². The van der Waals surface area contributed by atoms with Crippen molar-refractivity contribution < 1.29 is 14.3 Å². The highest BCUT2D eigenvalue weighted by molar-refractivity contribution is 5.79. The monoisotopic (exact) mass is 258 g/mol. The van der Waals surface area contributed by atoms with Gasteiger partial charge in [0.15, 0.2) is 0 Å². The van der Waals surface area contributed by atoms with Crippen LogP contribution in [0, 0.1) is 5.92 Å². The number of piperidine rings is 1. The minimum atomic E-state index is 0.186. The van der Waals surface area contributed by atoms with E-state index in [1.807, 2.05) is 4.90 Å². The van der Waals surface area contributed by atoms with Crippen LogP contribution in [0.1, 0.15) is 19.3 Å². The molecule has 18 heavy (non-hydrogen) atoms. The first kappa shape index (κ1) is 15.4. The van der Waals surface area contributed by atoms with E-state index in [0.29, 0.717) is 19.8 Å². The summed E-state index contributed by atoms with van der Waals surface area (Å²) in [5.74, 6) is 0.468. The molecule has 0 aromatic heterocycles. The van der Waals surface area contributed by atoms with Crippen molar-refractivity contribution in [2.75, 3.05) is 53.6 Å². The lowest BCUT2D eigenvalue weighted by Crippen LogP contribution is -2.43. The largest absolute Gasteiger partial charge is 0.385 e. The van der Waals surface area contributed by atoms with Crippen molar-refractivity contribution in [2.45, 2.75) is 19.3 Å². The number of carbonyl (C=O) groups is 1. The maximum atomic E-state index is 12.4. The second-order valence-corrected chi connectivity index (χ2v) is 4.69. The quantitative estimate of drug-likeness (QED) is 0.644. The maximum Gasteiger partial charge on any atom is 0.225 e. The molecular formula is C13H26N2O3. The van der Waals surface area contributed by atoms with Gasteiger partial charge in [-0.2, -0.15) is 0 Å². The van der Waals surface area contributed by atoms with Gasteiger partial charge in [0.2, 0.25) is 5.91 Å². The summed E-state index contributed by atoms with van der Waals surface area (Å²) >= 11 is 0. The summed E-state index contributed by atoms with van der Waals surface area (Å²) in [5, 5.41) is 3.29. The van der Waals surface area contributed by atoms with Gasteiger partial charge in [-0.1, -0.05) is 0 Å². The van der Waals surface area contributed by atoms with Crippen LogP contribution in [0.4, 0.5) is 0 Å². The van der Waals surface area contributed by atoms with E-state index in [1.165, 1.54) is 0 Å². The van der Waals surface area contributed by atoms with E-state index in [2.05, 4.69) is 5.32 Å². The second-order valence-electron chi connectivity index (χ2n) is 4.69. The third-order valence-corrected chi connectivity index (χ3v) is 3.34. The predicted octanol–water partition coefficient (Wildman–Crippen LogP) is 0.498. The fourth-order valence-corrected chi connectivity index (χ4v) is 2.26. The minimum absolute atomic E-state index is 0.186. The Labute approximate surface area is 110 Å². The molecule has 5 nitrogen and oxygen atoms in total. The molecule has 0 bridgehead atoms. The van der Waals surface area contributed by atoms with E-state index in [4.69, 9.17) is 9.47 Å². The number of nitrogens with one attached hydrogen (secondary N) is 1. The topological polar surface area (TPSA) is 50.8 Å². The van der Waals surface area contributed by atoms with E-state index in [9.17, 15) is 4.79 Å². The Hall–Kier alpha value is -0.650. The summed E-state index contributed by atoms with van der Waals surface area (Å²) in [5.41, 5.74) is 0. The number of carbonyl (C=O) groups excluding carboxylic acids is 1. The normalized spacial score (nSPS) is 16.8. The molecule has 1 N–H and O–H groups in total. The van der Waals surface area contributed by atoms with Gasteiger partial charge < -0.3 is 19.7 Å². The van der Waals surface area contributed by atoms with Crippen molar-refractivity contribution >= 4 is 5.91 Å². The molecule has 0 unspecified atom stereocenters. The Morgan fingerprint density at radius 1 is 1.17 bits per heavy atom. The van der Waals surface area contributed by atoms with Gasteiger partial charge in [-0.3, -0.25) is 4.79 Å². The lowest BCUT2D eigenvalue weighted by atomic mass is 9.96. The fraction of sp³-hybridized carbons (Fsp3) is 0.923. The summed E-state index contributed by atoms with van der Waals surface area (Å²) in [4.78, 5) is 14.3. The highest BCUT2D eigenvalue weighted by Gasteiger charge is 2.25. The summed E-state index contributed by atoms with van der Waals surface area (Å²) in [7, 11) is 3.36. The number of hydrogen-bond donors (Lipinski definition) is 1. The Morgan fingerprint density at radius 3 is 2.44 bits per heavy atom.